The van der Waals surface area contributed by atoms with Gasteiger partial charge in [-0.15, -0.1) is 4.57 Å². The van der Waals surface area contributed by atoms with E-state index in [2.05, 4.69) is 238 Å². The number of oxazole rings is 1. The smallest absolute Gasteiger partial charge is 0.385 e. The lowest BCUT2D eigenvalue weighted by atomic mass is 10.2. The minimum Gasteiger partial charge on any atom is -0.417 e. The molecule has 0 aliphatic carbocycles. The van der Waals surface area contributed by atoms with Gasteiger partial charge in [-0.3, -0.25) is 29.5 Å². The fourth-order valence-electron chi connectivity index (χ4n) is 19.6. The van der Waals surface area contributed by atoms with Gasteiger partial charge in [0.1, 0.15) is 76.7 Å². The lowest BCUT2D eigenvalue weighted by Gasteiger charge is -2.08. The number of pyridine rings is 10. The van der Waals surface area contributed by atoms with Gasteiger partial charge in [-0.2, -0.15) is 18.3 Å². The van der Waals surface area contributed by atoms with Gasteiger partial charge in [-0.25, -0.2) is 43.2 Å². The first kappa shape index (κ1) is 68.7. The summed E-state index contributed by atoms with van der Waals surface area (Å²) in [5, 5.41) is 0. The van der Waals surface area contributed by atoms with Crippen LogP contribution in [-0.4, -0.2) is 81.8 Å². The summed E-state index contributed by atoms with van der Waals surface area (Å²) in [6, 6.07) is 91.9. The zero-order chi connectivity index (χ0) is 86.1. The van der Waals surface area contributed by atoms with E-state index in [9.17, 15) is 0 Å². The SMILES string of the molecule is Cn1c2cccnc2c2c1n(-c1ccccc1)c1[n+]2Cc2ncccc2-1.[2H]C([2H])([2H])n1c2cccnc2c2c1n(-c1ccccc1)c1[n+]2Cc2ncccc2-1.c1ccc(-n2c3[n+](c4c5ncccc5n(-c5ccccc5)c42)Cc2ncccc2-3)cc1.c1ccc(-n2c3[n+](c4c5ncccc5oc42)Cc2ncccc2-3)cc1.c1cnc2c(c1)-c1oc3sc4cccnc4c3[n+]1C2. The molecule has 0 atom stereocenters. The van der Waals surface area contributed by atoms with Gasteiger partial charge in [-0.05, 0) is 182 Å². The van der Waals surface area contributed by atoms with E-state index >= 15 is 0 Å². The molecule has 0 radical (unpaired) electrons. The Morgan fingerprint density at radius 2 is 0.622 bits per heavy atom. The van der Waals surface area contributed by atoms with E-state index in [4.69, 9.17) is 22.9 Å². The highest BCUT2D eigenvalue weighted by Crippen LogP contribution is 2.44. The molecule has 0 unspecified atom stereocenters. The van der Waals surface area contributed by atoms with E-state index in [1.807, 2.05) is 175 Å². The molecule has 0 amide bonds. The molecule has 0 fully saturated rings. The second kappa shape index (κ2) is 28.3. The van der Waals surface area contributed by atoms with Crippen LogP contribution in [0.4, 0.5) is 0 Å². The van der Waals surface area contributed by atoms with Gasteiger partial charge >= 0.3 is 11.6 Å². The molecular formula is C102H71N22O2S+5. The third kappa shape index (κ3) is 10.7. The Labute approximate surface area is 729 Å². The van der Waals surface area contributed by atoms with Crippen LogP contribution in [0.1, 0.15) is 32.6 Å². The Hall–Kier alpha value is -16.9. The van der Waals surface area contributed by atoms with Crippen molar-refractivity contribution in [3.05, 3.63) is 363 Å². The fraction of sp³-hybridized carbons (Fsp3) is 0.0686. The van der Waals surface area contributed by atoms with Crippen molar-refractivity contribution in [2.24, 2.45) is 14.0 Å². The summed E-state index contributed by atoms with van der Waals surface area (Å²) in [4.78, 5) is 46.9. The van der Waals surface area contributed by atoms with Gasteiger partial charge in [0.05, 0.1) is 66.3 Å². The number of benzene rings is 5. The minimum absolute atomic E-state index is 0.582. The number of hydrogen-bond donors (Lipinski definition) is 0. The van der Waals surface area contributed by atoms with Crippen LogP contribution < -0.4 is 22.8 Å². The van der Waals surface area contributed by atoms with Gasteiger partial charge < -0.3 is 18.0 Å². The van der Waals surface area contributed by atoms with Crippen LogP contribution in [-0.2, 0) is 46.7 Å². The first-order valence-electron chi connectivity index (χ1n) is 43.4. The van der Waals surface area contributed by atoms with E-state index in [-0.39, 0.29) is 0 Å². The predicted molar refractivity (Wildman–Crippen MR) is 486 cm³/mol. The number of aryl methyl sites for hydroxylation is 2. The van der Waals surface area contributed by atoms with Crippen molar-refractivity contribution in [3.63, 3.8) is 0 Å². The Morgan fingerprint density at radius 1 is 0.283 bits per heavy atom. The third-order valence-electron chi connectivity index (χ3n) is 24.8. The number of rotatable bonds is 5. The summed E-state index contributed by atoms with van der Waals surface area (Å²) >= 11 is 1.65. The average molecular weight is 1670 g/mol. The maximum atomic E-state index is 8.25. The molecule has 5 aliphatic heterocycles. The fourth-order valence-corrected chi connectivity index (χ4v) is 20.6. The molecule has 5 aliphatic rings. The van der Waals surface area contributed by atoms with Gasteiger partial charge in [0.25, 0.3) is 50.7 Å². The van der Waals surface area contributed by atoms with Crippen molar-refractivity contribution in [3.8, 4) is 85.4 Å². The summed E-state index contributed by atoms with van der Waals surface area (Å²) in [6.45, 7) is 1.25. The minimum atomic E-state index is -2.35. The van der Waals surface area contributed by atoms with E-state index < -0.39 is 6.98 Å². The first-order valence-corrected chi connectivity index (χ1v) is 42.7. The Balaban J connectivity index is 0.0000000862. The summed E-state index contributed by atoms with van der Waals surface area (Å²) in [5.74, 6) is 5.24. The van der Waals surface area contributed by atoms with Crippen LogP contribution in [0.2, 0.25) is 0 Å². The van der Waals surface area contributed by atoms with Gasteiger partial charge in [0.15, 0.2) is 23.2 Å². The van der Waals surface area contributed by atoms with Crippen LogP contribution in [0.25, 0.3) is 195 Å². The molecule has 0 saturated heterocycles. The maximum absolute atomic E-state index is 8.25. The van der Waals surface area contributed by atoms with Crippen molar-refractivity contribution >= 4 is 121 Å². The number of para-hydroxylation sites is 5. The zero-order valence-corrected chi connectivity index (χ0v) is 68.7. The number of imidazole rings is 4. The van der Waals surface area contributed by atoms with Crippen molar-refractivity contribution in [2.75, 3.05) is 0 Å². The topological polar surface area (TPSA) is 209 Å². The Kier molecular flexibility index (Phi) is 15.3. The molecule has 20 aromatic heterocycles. The van der Waals surface area contributed by atoms with Crippen molar-refractivity contribution in [2.45, 2.75) is 32.7 Å². The van der Waals surface area contributed by atoms with Crippen LogP contribution in [0.5, 0.6) is 0 Å². The second-order valence-corrected chi connectivity index (χ2v) is 32.7. The molecule has 602 valence electrons. The molecule has 25 heteroatoms. The molecule has 0 N–H and O–H groups in total. The molecule has 127 heavy (non-hydrogen) atoms. The summed E-state index contributed by atoms with van der Waals surface area (Å²) < 4.78 is 64.3. The largest absolute Gasteiger partial charge is 0.417 e. The van der Waals surface area contributed by atoms with Crippen molar-refractivity contribution in [1.82, 2.24) is 81.8 Å². The van der Waals surface area contributed by atoms with E-state index in [0.717, 1.165) is 210 Å². The third-order valence-corrected chi connectivity index (χ3v) is 25.8. The number of aromatic nitrogens is 22. The van der Waals surface area contributed by atoms with Gasteiger partial charge in [0, 0.05) is 85.8 Å². The van der Waals surface area contributed by atoms with Crippen LogP contribution in [0, 0.1) is 0 Å². The average Bonchev–Trinajstić information content (AvgIpc) is 1.73. The highest BCUT2D eigenvalue weighted by atomic mass is 32.1. The van der Waals surface area contributed by atoms with Crippen molar-refractivity contribution < 1.29 is 35.8 Å². The first-order chi connectivity index (χ1) is 64.1. The van der Waals surface area contributed by atoms with Crippen LogP contribution in [0.3, 0.4) is 0 Å². The monoisotopic (exact) mass is 1670 g/mol. The molecule has 5 aromatic carbocycles. The lowest BCUT2D eigenvalue weighted by molar-refractivity contribution is -0.649. The number of fused-ring (bicyclic) bond motifs is 35. The van der Waals surface area contributed by atoms with E-state index in [0.29, 0.717) is 23.2 Å². The van der Waals surface area contributed by atoms with Gasteiger partial charge in [-0.1, -0.05) is 102 Å². The molecule has 25 aromatic rings. The van der Waals surface area contributed by atoms with E-state index in [1.54, 1.807) is 29.8 Å². The molecule has 0 spiro atoms. The van der Waals surface area contributed by atoms with Crippen LogP contribution >= 0.6 is 11.3 Å². The zero-order valence-electron chi connectivity index (χ0n) is 70.9. The molecule has 0 saturated carbocycles. The van der Waals surface area contributed by atoms with Crippen LogP contribution in [0.15, 0.2) is 344 Å². The normalized spacial score (nSPS) is 13.1. The Morgan fingerprint density at radius 3 is 1.10 bits per heavy atom. The molecule has 24 nitrogen and oxygen atoms in total. The predicted octanol–water partition coefficient (Wildman–Crippen LogP) is 17.4. The number of nitrogens with zero attached hydrogens (tertiary/aromatic N) is 22. The standard InChI is InChI=1S/C26H18N5.2C21H16N5.C20H13N4O.C14H8N3OS/c1-3-9-18(10-4-1)30-22-14-8-16-28-23(22)24-26(30)31(19-11-5-2-6-12-19)25-20-13-7-15-27-21(20)17-29(24)25;2*1-24-17-10-6-12-23-18(17)19-21(24)26(14-7-3-2-4-8-14)20-15-9-5-11-22-16(15)13-25(19)20;1-2-6-13(7-3-1)24-19-14-8-4-10-21-15(14)12-23(19)18-17-16(25-20(18)24)9-5-11-22-17;1-3-8-9(15-5-1)7-17-12-11-10(4-2-6-16-11)19-14(12)18-13(8)17/h1-16H,17H2;2*2-12H,13H2,1H3;1-11H,12H2;1-6H,7H2/q5*+1/i;1D3;;;. The number of furan rings is 1. The molecular weight excluding hydrogens is 1600 g/mol. The van der Waals surface area contributed by atoms with E-state index in [1.165, 1.54) is 27.0 Å². The summed E-state index contributed by atoms with van der Waals surface area (Å²) in [5.41, 5.74) is 33.5. The summed E-state index contributed by atoms with van der Waals surface area (Å²) in [7, 11) is 2.12. The lowest BCUT2D eigenvalue weighted by Crippen LogP contribution is -2.31. The number of thiophene rings is 1. The highest BCUT2D eigenvalue weighted by molar-refractivity contribution is 7.25. The second-order valence-electron chi connectivity index (χ2n) is 31.7. The molecule has 0 bridgehead atoms. The summed E-state index contributed by atoms with van der Waals surface area (Å²) in [6.07, 6.45) is 18.3. The van der Waals surface area contributed by atoms with Gasteiger partial charge in [0.2, 0.25) is 22.1 Å². The molecule has 25 heterocycles. The molecule has 30 rings (SSSR count). The highest BCUT2D eigenvalue weighted by Gasteiger charge is 2.45. The Bertz CT molecular complexity index is 8930. The number of hydrogen-bond acceptors (Lipinski definition) is 13. The maximum Gasteiger partial charge on any atom is 0.385 e. The van der Waals surface area contributed by atoms with Crippen molar-refractivity contribution in [1.29, 1.82) is 0 Å². The quantitative estimate of drug-likeness (QED) is 0.147.